The third kappa shape index (κ3) is 1.26. The molecule has 1 N–H and O–H groups in total. The van der Waals surface area contributed by atoms with Crippen LogP contribution in [0.1, 0.15) is 38.5 Å². The highest BCUT2D eigenvalue weighted by Gasteiger charge is 2.48. The van der Waals surface area contributed by atoms with Crippen LogP contribution < -0.4 is 5.32 Å². The van der Waals surface area contributed by atoms with E-state index in [0.717, 1.165) is 32.1 Å². The molecule has 0 radical (unpaired) electrons. The molecule has 1 heterocycles. The van der Waals surface area contributed by atoms with Gasteiger partial charge in [-0.1, -0.05) is 12.8 Å². The maximum atomic E-state index is 11.8. The molecule has 72 valence electrons. The second kappa shape index (κ2) is 3.13. The third-order valence-corrected chi connectivity index (χ3v) is 3.31. The van der Waals surface area contributed by atoms with Gasteiger partial charge in [-0.2, -0.15) is 0 Å². The number of carbonyl (C=O) groups excluding carboxylic acids is 2. The van der Waals surface area contributed by atoms with Crippen molar-refractivity contribution in [2.45, 2.75) is 38.5 Å². The molecule has 0 bridgehead atoms. The predicted octanol–water partition coefficient (Wildman–Crippen LogP) is 1.03. The lowest BCUT2D eigenvalue weighted by atomic mass is 9.78. The maximum Gasteiger partial charge on any atom is 0.233 e. The van der Waals surface area contributed by atoms with Crippen molar-refractivity contribution >= 4 is 11.7 Å². The smallest absolute Gasteiger partial charge is 0.233 e. The van der Waals surface area contributed by atoms with Gasteiger partial charge in [0.05, 0.1) is 0 Å². The van der Waals surface area contributed by atoms with E-state index in [1.54, 1.807) is 0 Å². The zero-order valence-electron chi connectivity index (χ0n) is 7.77. The van der Waals surface area contributed by atoms with E-state index < -0.39 is 5.41 Å². The summed E-state index contributed by atoms with van der Waals surface area (Å²) >= 11 is 0. The molecule has 1 saturated carbocycles. The average Bonchev–Trinajstić information content (AvgIpc) is 2.36. The largest absolute Gasteiger partial charge is 0.355 e. The summed E-state index contributed by atoms with van der Waals surface area (Å²) in [4.78, 5) is 23.4. The van der Waals surface area contributed by atoms with Crippen LogP contribution in [0.15, 0.2) is 0 Å². The number of hydrogen-bond donors (Lipinski definition) is 1. The molecule has 1 aliphatic carbocycles. The first kappa shape index (κ1) is 8.73. The minimum atomic E-state index is -0.615. The van der Waals surface area contributed by atoms with Gasteiger partial charge < -0.3 is 5.32 Å². The van der Waals surface area contributed by atoms with Crippen LogP contribution in [0.3, 0.4) is 0 Å². The molecule has 1 saturated heterocycles. The summed E-state index contributed by atoms with van der Waals surface area (Å²) in [5.74, 6) is 0.166. The Labute approximate surface area is 77.9 Å². The fourth-order valence-electron chi connectivity index (χ4n) is 2.44. The van der Waals surface area contributed by atoms with Crippen LogP contribution in [-0.2, 0) is 9.59 Å². The number of carbonyl (C=O) groups is 2. The number of hydrogen-bond acceptors (Lipinski definition) is 2. The summed E-state index contributed by atoms with van der Waals surface area (Å²) in [7, 11) is 0. The number of Topliss-reactive ketones (excluding diaryl/α,β-unsaturated/α-hetero) is 1. The Morgan fingerprint density at radius 3 is 2.62 bits per heavy atom. The summed E-state index contributed by atoms with van der Waals surface area (Å²) in [5.41, 5.74) is -0.615. The lowest BCUT2D eigenvalue weighted by molar-refractivity contribution is -0.139. The summed E-state index contributed by atoms with van der Waals surface area (Å²) in [6, 6.07) is 0. The molecule has 1 spiro atoms. The standard InChI is InChI=1S/C10H15NO2/c12-8-4-2-1-3-5-10(8)6-7-11-9(10)13/h1-7H2,(H,11,13). The van der Waals surface area contributed by atoms with E-state index in [0.29, 0.717) is 13.0 Å². The zero-order chi connectivity index (χ0) is 9.31. The minimum absolute atomic E-state index is 0.0144. The van der Waals surface area contributed by atoms with E-state index in [-0.39, 0.29) is 11.7 Å². The highest BCUT2D eigenvalue weighted by molar-refractivity contribution is 6.07. The monoisotopic (exact) mass is 181 g/mol. The molecule has 3 heteroatoms. The van der Waals surface area contributed by atoms with Gasteiger partial charge in [-0.15, -0.1) is 0 Å². The number of amides is 1. The number of ketones is 1. The molecule has 2 fully saturated rings. The van der Waals surface area contributed by atoms with Gasteiger partial charge in [-0.3, -0.25) is 9.59 Å². The third-order valence-electron chi connectivity index (χ3n) is 3.31. The van der Waals surface area contributed by atoms with Crippen molar-refractivity contribution in [2.24, 2.45) is 5.41 Å². The summed E-state index contributed by atoms with van der Waals surface area (Å²) < 4.78 is 0. The van der Waals surface area contributed by atoms with Crippen molar-refractivity contribution in [3.05, 3.63) is 0 Å². The lowest BCUT2D eigenvalue weighted by Crippen LogP contribution is -2.37. The molecular weight excluding hydrogens is 166 g/mol. The first-order chi connectivity index (χ1) is 6.26. The summed E-state index contributed by atoms with van der Waals surface area (Å²) in [6.45, 7) is 0.685. The Hall–Kier alpha value is -0.860. The topological polar surface area (TPSA) is 46.2 Å². The predicted molar refractivity (Wildman–Crippen MR) is 48.2 cm³/mol. The Morgan fingerprint density at radius 1 is 1.08 bits per heavy atom. The van der Waals surface area contributed by atoms with Crippen LogP contribution in [0.4, 0.5) is 0 Å². The molecule has 1 aliphatic heterocycles. The fourth-order valence-corrected chi connectivity index (χ4v) is 2.44. The van der Waals surface area contributed by atoms with Crippen LogP contribution in [-0.4, -0.2) is 18.2 Å². The molecule has 0 aromatic rings. The van der Waals surface area contributed by atoms with Gasteiger partial charge in [0.25, 0.3) is 0 Å². The van der Waals surface area contributed by atoms with Gasteiger partial charge in [0, 0.05) is 13.0 Å². The number of rotatable bonds is 0. The molecule has 1 atom stereocenters. The van der Waals surface area contributed by atoms with Gasteiger partial charge >= 0.3 is 0 Å². The van der Waals surface area contributed by atoms with Gasteiger partial charge in [-0.05, 0) is 19.3 Å². The maximum absolute atomic E-state index is 11.8. The van der Waals surface area contributed by atoms with Crippen LogP contribution in [0, 0.1) is 5.41 Å². The second-order valence-corrected chi connectivity index (χ2v) is 4.07. The van der Waals surface area contributed by atoms with Crippen molar-refractivity contribution in [3.8, 4) is 0 Å². The van der Waals surface area contributed by atoms with Crippen molar-refractivity contribution < 1.29 is 9.59 Å². The van der Waals surface area contributed by atoms with E-state index in [9.17, 15) is 9.59 Å². The van der Waals surface area contributed by atoms with E-state index in [2.05, 4.69) is 5.32 Å². The fraction of sp³-hybridized carbons (Fsp3) is 0.800. The van der Waals surface area contributed by atoms with Crippen LogP contribution in [0.2, 0.25) is 0 Å². The zero-order valence-corrected chi connectivity index (χ0v) is 7.77. The van der Waals surface area contributed by atoms with Crippen LogP contribution in [0.25, 0.3) is 0 Å². The normalized spacial score (nSPS) is 34.8. The minimum Gasteiger partial charge on any atom is -0.355 e. The van der Waals surface area contributed by atoms with Gasteiger partial charge in [0.15, 0.2) is 0 Å². The Bertz CT molecular complexity index is 249. The molecule has 3 nitrogen and oxygen atoms in total. The molecule has 0 aromatic carbocycles. The SMILES string of the molecule is O=C1CCCCCC12CCNC2=O. The molecule has 13 heavy (non-hydrogen) atoms. The molecule has 2 rings (SSSR count). The van der Waals surface area contributed by atoms with Crippen molar-refractivity contribution in [2.75, 3.05) is 6.54 Å². The van der Waals surface area contributed by atoms with Crippen molar-refractivity contribution in [1.29, 1.82) is 0 Å². The Morgan fingerprint density at radius 2 is 1.92 bits per heavy atom. The summed E-state index contributed by atoms with van der Waals surface area (Å²) in [5, 5.41) is 2.78. The molecule has 1 amide bonds. The summed E-state index contributed by atoms with van der Waals surface area (Å²) in [6.07, 6.45) is 5.20. The van der Waals surface area contributed by atoms with Crippen molar-refractivity contribution in [1.82, 2.24) is 5.32 Å². The first-order valence-electron chi connectivity index (χ1n) is 5.07. The van der Waals surface area contributed by atoms with Gasteiger partial charge in [-0.25, -0.2) is 0 Å². The Balaban J connectivity index is 2.26. The quantitative estimate of drug-likeness (QED) is 0.567. The van der Waals surface area contributed by atoms with E-state index in [1.165, 1.54) is 0 Å². The van der Waals surface area contributed by atoms with E-state index in [4.69, 9.17) is 0 Å². The van der Waals surface area contributed by atoms with Crippen molar-refractivity contribution in [3.63, 3.8) is 0 Å². The highest BCUT2D eigenvalue weighted by Crippen LogP contribution is 2.37. The van der Waals surface area contributed by atoms with Gasteiger partial charge in [0.1, 0.15) is 11.2 Å². The average molecular weight is 181 g/mol. The molecule has 2 aliphatic rings. The highest BCUT2D eigenvalue weighted by atomic mass is 16.2. The van der Waals surface area contributed by atoms with E-state index in [1.807, 2.05) is 0 Å². The second-order valence-electron chi connectivity index (χ2n) is 4.07. The lowest BCUT2D eigenvalue weighted by Gasteiger charge is -2.21. The van der Waals surface area contributed by atoms with Crippen LogP contribution >= 0.6 is 0 Å². The van der Waals surface area contributed by atoms with Crippen LogP contribution in [0.5, 0.6) is 0 Å². The Kier molecular flexibility index (Phi) is 2.10. The molecule has 1 unspecified atom stereocenters. The molecule has 0 aromatic heterocycles. The van der Waals surface area contributed by atoms with Gasteiger partial charge in [0.2, 0.25) is 5.91 Å². The number of nitrogens with one attached hydrogen (secondary N) is 1. The van der Waals surface area contributed by atoms with E-state index >= 15 is 0 Å². The molecular formula is C10H15NO2. The first-order valence-corrected chi connectivity index (χ1v) is 5.07.